The van der Waals surface area contributed by atoms with Crippen LogP contribution in [0.3, 0.4) is 0 Å². The summed E-state index contributed by atoms with van der Waals surface area (Å²) in [5.74, 6) is -0.750. The van der Waals surface area contributed by atoms with Crippen molar-refractivity contribution in [2.24, 2.45) is 5.92 Å². The normalized spacial score (nSPS) is 18.0. The summed E-state index contributed by atoms with van der Waals surface area (Å²) >= 11 is 0. The van der Waals surface area contributed by atoms with Crippen molar-refractivity contribution in [3.8, 4) is 0 Å². The minimum atomic E-state index is -0.754. The molecule has 0 N–H and O–H groups in total. The summed E-state index contributed by atoms with van der Waals surface area (Å²) in [7, 11) is 0. The lowest BCUT2D eigenvalue weighted by Gasteiger charge is -2.25. The number of halogens is 2. The van der Waals surface area contributed by atoms with Gasteiger partial charge in [0.25, 0.3) is 0 Å². The Morgan fingerprint density at radius 2 is 1.62 bits per heavy atom. The quantitative estimate of drug-likeness (QED) is 0.623. The predicted molar refractivity (Wildman–Crippen MR) is 83.5 cm³/mol. The molecule has 1 aliphatic rings. The molecule has 1 atom stereocenters. The van der Waals surface area contributed by atoms with Gasteiger partial charge in [-0.3, -0.25) is 0 Å². The molecule has 1 aliphatic carbocycles. The smallest absolute Gasteiger partial charge is 0.159 e. The monoisotopic (exact) mass is 288 g/mol. The summed E-state index contributed by atoms with van der Waals surface area (Å²) in [6.07, 6.45) is 8.57. The van der Waals surface area contributed by atoms with E-state index in [1.165, 1.54) is 55.4 Å². The van der Waals surface area contributed by atoms with Gasteiger partial charge in [0.05, 0.1) is 0 Å². The van der Waals surface area contributed by atoms with Gasteiger partial charge >= 0.3 is 0 Å². The van der Waals surface area contributed by atoms with Crippen LogP contribution in [0.15, 0.2) is 24.3 Å². The summed E-state index contributed by atoms with van der Waals surface area (Å²) in [4.78, 5) is 0. The Morgan fingerprint density at radius 1 is 0.952 bits per heavy atom. The first-order valence-corrected chi connectivity index (χ1v) is 8.08. The van der Waals surface area contributed by atoms with E-state index in [2.05, 4.69) is 19.1 Å². The molecule has 3 rings (SSSR count). The van der Waals surface area contributed by atoms with Crippen LogP contribution in [0.25, 0.3) is 10.8 Å². The van der Waals surface area contributed by atoms with Crippen LogP contribution in [0.1, 0.15) is 50.2 Å². The van der Waals surface area contributed by atoms with Gasteiger partial charge in [0.1, 0.15) is 0 Å². The van der Waals surface area contributed by atoms with Gasteiger partial charge in [-0.25, -0.2) is 8.78 Å². The standard InChI is InChI=1S/C19H22F2/c1-2-3-4-5-13-6-7-14-9-16-11-18(20)19(21)12-17(16)10-15(14)8-13/h9-13H,2-8H2,1H3. The van der Waals surface area contributed by atoms with Crippen molar-refractivity contribution in [1.82, 2.24) is 0 Å². The number of hydrogen-bond acceptors (Lipinski definition) is 0. The Balaban J connectivity index is 1.84. The maximum Gasteiger partial charge on any atom is 0.159 e. The van der Waals surface area contributed by atoms with Gasteiger partial charge in [-0.2, -0.15) is 0 Å². The van der Waals surface area contributed by atoms with E-state index in [0.717, 1.165) is 29.5 Å². The molecular weight excluding hydrogens is 266 g/mol. The molecule has 0 nitrogen and oxygen atoms in total. The van der Waals surface area contributed by atoms with E-state index in [9.17, 15) is 8.78 Å². The fourth-order valence-electron chi connectivity index (χ4n) is 3.51. The average molecular weight is 288 g/mol. The third kappa shape index (κ3) is 3.09. The fourth-order valence-corrected chi connectivity index (χ4v) is 3.51. The summed E-state index contributed by atoms with van der Waals surface area (Å²) in [5, 5.41) is 1.64. The molecule has 0 fully saturated rings. The first-order valence-electron chi connectivity index (χ1n) is 8.08. The van der Waals surface area contributed by atoms with Gasteiger partial charge < -0.3 is 0 Å². The van der Waals surface area contributed by atoms with Crippen molar-refractivity contribution in [3.05, 3.63) is 47.0 Å². The van der Waals surface area contributed by atoms with E-state index in [1.807, 2.05) is 0 Å². The Hall–Kier alpha value is -1.44. The molecule has 21 heavy (non-hydrogen) atoms. The molecule has 2 heteroatoms. The Kier molecular flexibility index (Phi) is 4.23. The van der Waals surface area contributed by atoms with Gasteiger partial charge in [0.2, 0.25) is 0 Å². The average Bonchev–Trinajstić information content (AvgIpc) is 2.47. The Bertz CT molecular complexity index is 646. The lowest BCUT2D eigenvalue weighted by atomic mass is 9.80. The van der Waals surface area contributed by atoms with Crippen LogP contribution in [0, 0.1) is 17.6 Å². The van der Waals surface area contributed by atoms with Crippen molar-refractivity contribution in [3.63, 3.8) is 0 Å². The first-order chi connectivity index (χ1) is 10.2. The van der Waals surface area contributed by atoms with Crippen molar-refractivity contribution in [1.29, 1.82) is 0 Å². The van der Waals surface area contributed by atoms with Crippen LogP contribution in [0.4, 0.5) is 8.78 Å². The van der Waals surface area contributed by atoms with Crippen molar-refractivity contribution < 1.29 is 8.78 Å². The summed E-state index contributed by atoms with van der Waals surface area (Å²) in [6, 6.07) is 6.76. The largest absolute Gasteiger partial charge is 0.204 e. The molecule has 0 radical (unpaired) electrons. The van der Waals surface area contributed by atoms with Gasteiger partial charge in [-0.05, 0) is 59.2 Å². The fraction of sp³-hybridized carbons (Fsp3) is 0.474. The molecule has 0 saturated carbocycles. The van der Waals surface area contributed by atoms with Crippen LogP contribution in [0.5, 0.6) is 0 Å². The van der Waals surface area contributed by atoms with E-state index < -0.39 is 11.6 Å². The highest BCUT2D eigenvalue weighted by Gasteiger charge is 2.19. The lowest BCUT2D eigenvalue weighted by Crippen LogP contribution is -2.14. The Morgan fingerprint density at radius 3 is 2.29 bits per heavy atom. The second kappa shape index (κ2) is 6.13. The van der Waals surface area contributed by atoms with Gasteiger partial charge in [0.15, 0.2) is 11.6 Å². The summed E-state index contributed by atoms with van der Waals surface area (Å²) in [6.45, 7) is 2.23. The van der Waals surface area contributed by atoms with Crippen molar-refractivity contribution >= 4 is 10.8 Å². The number of unbranched alkanes of at least 4 members (excludes halogenated alkanes) is 2. The van der Waals surface area contributed by atoms with Crippen LogP contribution in [-0.4, -0.2) is 0 Å². The maximum atomic E-state index is 13.4. The molecule has 0 aliphatic heterocycles. The number of aryl methyl sites for hydroxylation is 1. The van der Waals surface area contributed by atoms with E-state index in [0.29, 0.717) is 0 Å². The maximum absolute atomic E-state index is 13.4. The molecule has 1 unspecified atom stereocenters. The van der Waals surface area contributed by atoms with Gasteiger partial charge in [-0.15, -0.1) is 0 Å². The molecule has 0 heterocycles. The summed E-state index contributed by atoms with van der Waals surface area (Å²) in [5.41, 5.74) is 2.65. The second-order valence-corrected chi connectivity index (χ2v) is 6.34. The SMILES string of the molecule is CCCCCC1CCc2cc3cc(F)c(F)cc3cc2C1. The van der Waals surface area contributed by atoms with Crippen molar-refractivity contribution in [2.75, 3.05) is 0 Å². The van der Waals surface area contributed by atoms with Crippen LogP contribution in [0.2, 0.25) is 0 Å². The number of rotatable bonds is 4. The predicted octanol–water partition coefficient (Wildman–Crippen LogP) is 5.80. The summed E-state index contributed by atoms with van der Waals surface area (Å²) < 4.78 is 26.7. The number of fused-ring (bicyclic) bond motifs is 2. The van der Waals surface area contributed by atoms with Crippen molar-refractivity contribution in [2.45, 2.75) is 51.9 Å². The molecular formula is C19H22F2. The number of hydrogen-bond donors (Lipinski definition) is 0. The molecule has 2 aromatic carbocycles. The molecule has 0 amide bonds. The molecule has 2 aromatic rings. The van der Waals surface area contributed by atoms with Gasteiger partial charge in [0, 0.05) is 0 Å². The lowest BCUT2D eigenvalue weighted by molar-refractivity contribution is 0.408. The van der Waals surface area contributed by atoms with E-state index in [4.69, 9.17) is 0 Å². The van der Waals surface area contributed by atoms with E-state index >= 15 is 0 Å². The third-order valence-corrected chi connectivity index (χ3v) is 4.74. The first kappa shape index (κ1) is 14.5. The molecule has 0 spiro atoms. The zero-order valence-corrected chi connectivity index (χ0v) is 12.6. The minimum Gasteiger partial charge on any atom is -0.204 e. The third-order valence-electron chi connectivity index (χ3n) is 4.74. The van der Waals surface area contributed by atoms with E-state index in [-0.39, 0.29) is 0 Å². The van der Waals surface area contributed by atoms with Crippen LogP contribution < -0.4 is 0 Å². The molecule has 0 saturated heterocycles. The zero-order valence-electron chi connectivity index (χ0n) is 12.6. The molecule has 112 valence electrons. The topological polar surface area (TPSA) is 0 Å². The van der Waals surface area contributed by atoms with E-state index in [1.54, 1.807) is 0 Å². The highest BCUT2D eigenvalue weighted by Crippen LogP contribution is 2.32. The molecule has 0 aromatic heterocycles. The van der Waals surface area contributed by atoms with Crippen LogP contribution >= 0.6 is 0 Å². The van der Waals surface area contributed by atoms with Crippen LogP contribution in [-0.2, 0) is 12.8 Å². The second-order valence-electron chi connectivity index (χ2n) is 6.34. The Labute approximate surface area is 125 Å². The number of benzene rings is 2. The minimum absolute atomic E-state index is 0.752. The zero-order chi connectivity index (χ0) is 14.8. The highest BCUT2D eigenvalue weighted by atomic mass is 19.2. The molecule has 0 bridgehead atoms. The highest BCUT2D eigenvalue weighted by molar-refractivity contribution is 5.84. The van der Waals surface area contributed by atoms with Gasteiger partial charge in [-0.1, -0.05) is 44.7 Å².